The number of rotatable bonds is 5. The van der Waals surface area contributed by atoms with Gasteiger partial charge in [-0.25, -0.2) is 9.67 Å². The van der Waals surface area contributed by atoms with E-state index in [-0.39, 0.29) is 6.29 Å². The van der Waals surface area contributed by atoms with E-state index in [1.165, 1.54) is 0 Å². The van der Waals surface area contributed by atoms with Gasteiger partial charge in [0, 0.05) is 18.1 Å². The molecule has 3 rings (SSSR count). The third-order valence-electron chi connectivity index (χ3n) is 3.98. The molecule has 0 radical (unpaired) electrons. The van der Waals surface area contributed by atoms with Crippen LogP contribution in [0.5, 0.6) is 0 Å². The molecule has 124 valence electrons. The first-order valence-corrected chi connectivity index (χ1v) is 8.76. The minimum atomic E-state index is -0.129. The van der Waals surface area contributed by atoms with E-state index in [4.69, 9.17) is 9.47 Å². The fraction of sp³-hybridized carbons (Fsp3) is 0.562. The predicted molar refractivity (Wildman–Crippen MR) is 89.7 cm³/mol. The highest BCUT2D eigenvalue weighted by Gasteiger charge is 2.19. The van der Waals surface area contributed by atoms with Crippen molar-refractivity contribution >= 4 is 15.9 Å². The minimum Gasteiger partial charge on any atom is -0.353 e. The van der Waals surface area contributed by atoms with E-state index in [2.05, 4.69) is 38.1 Å². The molecule has 0 aliphatic carbocycles. The summed E-state index contributed by atoms with van der Waals surface area (Å²) in [5.41, 5.74) is 3.51. The molecule has 2 aromatic heterocycles. The fourth-order valence-electron chi connectivity index (χ4n) is 2.62. The van der Waals surface area contributed by atoms with Crippen molar-refractivity contribution in [2.24, 2.45) is 7.05 Å². The fourth-order valence-corrected chi connectivity index (χ4v) is 3.12. The maximum atomic E-state index is 5.89. The first-order valence-electron chi connectivity index (χ1n) is 7.96. The van der Waals surface area contributed by atoms with E-state index >= 15 is 0 Å². The third-order valence-corrected chi connectivity index (χ3v) is 4.70. The van der Waals surface area contributed by atoms with Crippen molar-refractivity contribution in [3.63, 3.8) is 0 Å². The van der Waals surface area contributed by atoms with E-state index in [1.54, 1.807) is 4.68 Å². The SMILES string of the molecule is CCc1nc(-c2nnn(C)c2COC2CCCCO2)ccc1Br. The van der Waals surface area contributed by atoms with Gasteiger partial charge in [-0.15, -0.1) is 5.10 Å². The van der Waals surface area contributed by atoms with Crippen LogP contribution in [0.15, 0.2) is 16.6 Å². The van der Waals surface area contributed by atoms with Gasteiger partial charge in [-0.05, 0) is 53.7 Å². The Morgan fingerprint density at radius 1 is 1.39 bits per heavy atom. The number of pyridine rings is 1. The van der Waals surface area contributed by atoms with Gasteiger partial charge in [0.2, 0.25) is 0 Å². The molecular weight excluding hydrogens is 360 g/mol. The molecule has 0 aromatic carbocycles. The zero-order valence-electron chi connectivity index (χ0n) is 13.5. The highest BCUT2D eigenvalue weighted by Crippen LogP contribution is 2.25. The summed E-state index contributed by atoms with van der Waals surface area (Å²) in [4.78, 5) is 4.68. The van der Waals surface area contributed by atoms with Crippen LogP contribution in [0.1, 0.15) is 37.6 Å². The number of aromatic nitrogens is 4. The number of nitrogens with zero attached hydrogens (tertiary/aromatic N) is 4. The Kier molecular flexibility index (Phi) is 5.40. The molecule has 0 N–H and O–H groups in total. The average Bonchev–Trinajstić information content (AvgIpc) is 2.95. The summed E-state index contributed by atoms with van der Waals surface area (Å²) in [6.45, 7) is 3.27. The van der Waals surface area contributed by atoms with Gasteiger partial charge >= 0.3 is 0 Å². The number of halogens is 1. The largest absolute Gasteiger partial charge is 0.353 e. The molecule has 0 spiro atoms. The number of ether oxygens (including phenoxy) is 2. The van der Waals surface area contributed by atoms with E-state index < -0.39 is 0 Å². The third kappa shape index (κ3) is 3.79. The average molecular weight is 381 g/mol. The summed E-state index contributed by atoms with van der Waals surface area (Å²) in [6.07, 6.45) is 3.93. The van der Waals surface area contributed by atoms with Crippen LogP contribution in [0.25, 0.3) is 11.4 Å². The second-order valence-corrected chi connectivity index (χ2v) is 6.45. The van der Waals surface area contributed by atoms with Crippen molar-refractivity contribution in [1.29, 1.82) is 0 Å². The molecule has 1 fully saturated rings. The van der Waals surface area contributed by atoms with Gasteiger partial charge in [0.15, 0.2) is 6.29 Å². The van der Waals surface area contributed by atoms with E-state index in [0.717, 1.165) is 59.5 Å². The second-order valence-electron chi connectivity index (χ2n) is 5.59. The van der Waals surface area contributed by atoms with Gasteiger partial charge in [0.1, 0.15) is 5.69 Å². The Bertz CT molecular complexity index is 668. The molecule has 3 heterocycles. The summed E-state index contributed by atoms with van der Waals surface area (Å²) < 4.78 is 14.3. The standard InChI is InChI=1S/C16H21BrN4O2/c1-3-12-11(17)7-8-13(18-12)16-14(21(2)20-19-16)10-23-15-6-4-5-9-22-15/h7-8,15H,3-6,9-10H2,1-2H3. The van der Waals surface area contributed by atoms with Crippen LogP contribution in [-0.4, -0.2) is 32.9 Å². The van der Waals surface area contributed by atoms with Crippen molar-refractivity contribution < 1.29 is 9.47 Å². The molecule has 0 bridgehead atoms. The Hall–Kier alpha value is -1.31. The summed E-state index contributed by atoms with van der Waals surface area (Å²) in [7, 11) is 1.87. The van der Waals surface area contributed by atoms with Crippen molar-refractivity contribution in [3.8, 4) is 11.4 Å². The lowest BCUT2D eigenvalue weighted by Crippen LogP contribution is -2.22. The van der Waals surface area contributed by atoms with Crippen molar-refractivity contribution in [2.45, 2.75) is 45.5 Å². The van der Waals surface area contributed by atoms with Gasteiger partial charge in [-0.1, -0.05) is 12.1 Å². The lowest BCUT2D eigenvalue weighted by atomic mass is 10.2. The molecule has 0 amide bonds. The molecule has 0 saturated carbocycles. The van der Waals surface area contributed by atoms with E-state index in [1.807, 2.05) is 19.2 Å². The molecule has 6 nitrogen and oxygen atoms in total. The monoisotopic (exact) mass is 380 g/mol. The first-order chi connectivity index (χ1) is 11.2. The Balaban J connectivity index is 1.80. The Labute approximate surface area is 144 Å². The zero-order valence-corrected chi connectivity index (χ0v) is 15.0. The van der Waals surface area contributed by atoms with Crippen molar-refractivity contribution in [1.82, 2.24) is 20.0 Å². The normalized spacial score (nSPS) is 18.3. The minimum absolute atomic E-state index is 0.129. The van der Waals surface area contributed by atoms with Crippen LogP contribution < -0.4 is 0 Å². The molecule has 1 unspecified atom stereocenters. The van der Waals surface area contributed by atoms with Crippen LogP contribution in [0, 0.1) is 0 Å². The molecular formula is C16H21BrN4O2. The number of hydrogen-bond acceptors (Lipinski definition) is 5. The lowest BCUT2D eigenvalue weighted by molar-refractivity contribution is -0.169. The molecule has 1 saturated heterocycles. The molecule has 1 atom stereocenters. The van der Waals surface area contributed by atoms with Gasteiger partial charge in [-0.2, -0.15) is 0 Å². The van der Waals surface area contributed by atoms with Crippen LogP contribution in [0.2, 0.25) is 0 Å². The molecule has 1 aliphatic heterocycles. The Morgan fingerprint density at radius 3 is 3.00 bits per heavy atom. The summed E-state index contributed by atoms with van der Waals surface area (Å²) in [5.74, 6) is 0. The quantitative estimate of drug-likeness (QED) is 0.796. The summed E-state index contributed by atoms with van der Waals surface area (Å²) in [6, 6.07) is 3.96. The topological polar surface area (TPSA) is 62.1 Å². The maximum absolute atomic E-state index is 5.89. The van der Waals surface area contributed by atoms with E-state index in [0.29, 0.717) is 6.61 Å². The smallest absolute Gasteiger partial charge is 0.158 e. The maximum Gasteiger partial charge on any atom is 0.158 e. The van der Waals surface area contributed by atoms with Crippen LogP contribution in [0.4, 0.5) is 0 Å². The number of aryl methyl sites for hydroxylation is 2. The van der Waals surface area contributed by atoms with Gasteiger partial charge < -0.3 is 9.47 Å². The summed E-state index contributed by atoms with van der Waals surface area (Å²) >= 11 is 3.52. The highest BCUT2D eigenvalue weighted by molar-refractivity contribution is 9.10. The van der Waals surface area contributed by atoms with Crippen molar-refractivity contribution in [3.05, 3.63) is 28.0 Å². The molecule has 7 heteroatoms. The molecule has 2 aromatic rings. The Morgan fingerprint density at radius 2 is 2.26 bits per heavy atom. The molecule has 23 heavy (non-hydrogen) atoms. The van der Waals surface area contributed by atoms with Gasteiger partial charge in [0.25, 0.3) is 0 Å². The summed E-state index contributed by atoms with van der Waals surface area (Å²) in [5, 5.41) is 8.40. The lowest BCUT2D eigenvalue weighted by Gasteiger charge is -2.22. The van der Waals surface area contributed by atoms with Gasteiger partial charge in [-0.3, -0.25) is 0 Å². The van der Waals surface area contributed by atoms with Crippen LogP contribution in [0.3, 0.4) is 0 Å². The van der Waals surface area contributed by atoms with Crippen LogP contribution in [-0.2, 0) is 29.5 Å². The van der Waals surface area contributed by atoms with Crippen LogP contribution >= 0.6 is 15.9 Å². The zero-order chi connectivity index (χ0) is 16.2. The van der Waals surface area contributed by atoms with E-state index in [9.17, 15) is 0 Å². The molecule has 1 aliphatic rings. The first kappa shape index (κ1) is 16.5. The second kappa shape index (κ2) is 7.51. The highest BCUT2D eigenvalue weighted by atomic mass is 79.9. The predicted octanol–water partition coefficient (Wildman–Crippen LogP) is 3.25. The van der Waals surface area contributed by atoms with Crippen molar-refractivity contribution in [2.75, 3.05) is 6.61 Å². The van der Waals surface area contributed by atoms with Gasteiger partial charge in [0.05, 0.1) is 23.7 Å². The number of hydrogen-bond donors (Lipinski definition) is 0.